The molecule has 0 amide bonds. The molecule has 0 N–H and O–H groups in total. The molecule has 0 unspecified atom stereocenters. The third kappa shape index (κ3) is 3.22. The lowest BCUT2D eigenvalue weighted by atomic mass is 10.0. The zero-order valence-corrected chi connectivity index (χ0v) is 16.8. The van der Waals surface area contributed by atoms with Crippen molar-refractivity contribution in [2.24, 2.45) is 7.05 Å². The number of hydrogen-bond donors (Lipinski definition) is 0. The van der Waals surface area contributed by atoms with Crippen molar-refractivity contribution in [1.29, 1.82) is 0 Å². The summed E-state index contributed by atoms with van der Waals surface area (Å²) in [7, 11) is 1.47. The molecule has 6 heteroatoms. The normalized spacial score (nSPS) is 11.8. The summed E-state index contributed by atoms with van der Waals surface area (Å²) in [5.74, 6) is -1.04. The molecule has 0 saturated heterocycles. The largest absolute Gasteiger partial charge is 0.452 e. The highest BCUT2D eigenvalue weighted by molar-refractivity contribution is 6.04. The third-order valence-corrected chi connectivity index (χ3v) is 5.60. The van der Waals surface area contributed by atoms with Gasteiger partial charge in [-0.05, 0) is 40.8 Å². The number of nitrogens with zero attached hydrogens (tertiary/aromatic N) is 2. The Morgan fingerprint density at radius 3 is 2.48 bits per heavy atom. The smallest absolute Gasteiger partial charge is 0.359 e. The lowest BCUT2D eigenvalue weighted by Gasteiger charge is -2.09. The molecule has 0 atom stereocenters. The molecule has 3 aromatic carbocycles. The van der Waals surface area contributed by atoms with Gasteiger partial charge in [-0.25, -0.2) is 9.48 Å². The van der Waals surface area contributed by atoms with E-state index < -0.39 is 12.6 Å². The van der Waals surface area contributed by atoms with Crippen LogP contribution in [0.1, 0.15) is 32.0 Å². The second-order valence-electron chi connectivity index (χ2n) is 7.53. The van der Waals surface area contributed by atoms with Crippen molar-refractivity contribution in [3.8, 4) is 11.1 Å². The van der Waals surface area contributed by atoms with Crippen LogP contribution in [0.4, 0.5) is 0 Å². The first-order valence-corrected chi connectivity index (χ1v) is 9.90. The molecular formula is C25H18N2O4. The predicted molar refractivity (Wildman–Crippen MR) is 116 cm³/mol. The van der Waals surface area contributed by atoms with Crippen molar-refractivity contribution >= 4 is 22.5 Å². The average Bonchev–Trinajstić information content (AvgIpc) is 3.17. The van der Waals surface area contributed by atoms with Crippen LogP contribution in [-0.2, 0) is 18.2 Å². The number of fused-ring (bicyclic) bond motifs is 4. The number of carbonyl (C=O) groups is 2. The van der Waals surface area contributed by atoms with Gasteiger partial charge in [0.1, 0.15) is 0 Å². The fourth-order valence-corrected chi connectivity index (χ4v) is 4.03. The van der Waals surface area contributed by atoms with Crippen LogP contribution in [0.3, 0.4) is 0 Å². The van der Waals surface area contributed by atoms with Crippen molar-refractivity contribution in [2.75, 3.05) is 6.61 Å². The van der Waals surface area contributed by atoms with Gasteiger partial charge in [-0.15, -0.1) is 0 Å². The molecule has 0 fully saturated rings. The van der Waals surface area contributed by atoms with Gasteiger partial charge in [0.15, 0.2) is 18.1 Å². The minimum atomic E-state index is -0.744. The average molecular weight is 410 g/mol. The van der Waals surface area contributed by atoms with E-state index in [2.05, 4.69) is 11.2 Å². The summed E-state index contributed by atoms with van der Waals surface area (Å²) in [4.78, 5) is 37.6. The van der Waals surface area contributed by atoms with Crippen LogP contribution in [0.5, 0.6) is 0 Å². The number of ether oxygens (including phenoxy) is 1. The van der Waals surface area contributed by atoms with Crippen LogP contribution in [-0.4, -0.2) is 28.1 Å². The zero-order chi connectivity index (χ0) is 21.5. The van der Waals surface area contributed by atoms with Crippen LogP contribution in [0, 0.1) is 0 Å². The minimum Gasteiger partial charge on any atom is -0.452 e. The molecule has 0 aliphatic heterocycles. The molecule has 1 aliphatic rings. The summed E-state index contributed by atoms with van der Waals surface area (Å²) in [5, 5.41) is 4.81. The summed E-state index contributed by atoms with van der Waals surface area (Å²) in [6, 6.07) is 20.4. The monoisotopic (exact) mass is 410 g/mol. The van der Waals surface area contributed by atoms with E-state index in [0.29, 0.717) is 16.3 Å². The summed E-state index contributed by atoms with van der Waals surface area (Å²) < 4.78 is 6.37. The first-order chi connectivity index (χ1) is 15.0. The quantitative estimate of drug-likeness (QED) is 0.335. The van der Waals surface area contributed by atoms with Gasteiger partial charge in [0, 0.05) is 18.0 Å². The van der Waals surface area contributed by atoms with Crippen LogP contribution in [0.25, 0.3) is 21.9 Å². The first kappa shape index (κ1) is 18.9. The third-order valence-electron chi connectivity index (χ3n) is 5.60. The summed E-state index contributed by atoms with van der Waals surface area (Å²) in [5.41, 5.74) is 4.77. The van der Waals surface area contributed by atoms with E-state index in [-0.39, 0.29) is 17.0 Å². The van der Waals surface area contributed by atoms with E-state index in [1.807, 2.05) is 30.3 Å². The van der Waals surface area contributed by atoms with Crippen molar-refractivity contribution in [2.45, 2.75) is 6.42 Å². The molecule has 0 bridgehead atoms. The van der Waals surface area contributed by atoms with Gasteiger partial charge in [-0.2, -0.15) is 5.10 Å². The maximum Gasteiger partial charge on any atom is 0.359 e. The molecule has 0 radical (unpaired) electrons. The number of ketones is 1. The van der Waals surface area contributed by atoms with Crippen molar-refractivity contribution in [3.05, 3.63) is 99.5 Å². The van der Waals surface area contributed by atoms with E-state index in [1.165, 1.54) is 18.2 Å². The molecule has 6 nitrogen and oxygen atoms in total. The molecule has 0 spiro atoms. The fourth-order valence-electron chi connectivity index (χ4n) is 4.03. The predicted octanol–water partition coefficient (Wildman–Crippen LogP) is 3.54. The Morgan fingerprint density at radius 2 is 1.65 bits per heavy atom. The van der Waals surface area contributed by atoms with Gasteiger partial charge in [-0.1, -0.05) is 54.6 Å². The van der Waals surface area contributed by atoms with E-state index in [1.54, 1.807) is 30.3 Å². The highest BCUT2D eigenvalue weighted by Gasteiger charge is 2.21. The van der Waals surface area contributed by atoms with Gasteiger partial charge in [0.2, 0.25) is 0 Å². The highest BCUT2D eigenvalue weighted by Crippen LogP contribution is 2.36. The fraction of sp³-hybridized carbons (Fsp3) is 0.120. The van der Waals surface area contributed by atoms with Crippen LogP contribution in [0.2, 0.25) is 0 Å². The number of aryl methyl sites for hydroxylation is 1. The molecular weight excluding hydrogens is 392 g/mol. The summed E-state index contributed by atoms with van der Waals surface area (Å²) >= 11 is 0. The lowest BCUT2D eigenvalue weighted by molar-refractivity contribution is 0.0469. The molecule has 31 heavy (non-hydrogen) atoms. The second kappa shape index (κ2) is 7.32. The van der Waals surface area contributed by atoms with E-state index in [9.17, 15) is 14.4 Å². The summed E-state index contributed by atoms with van der Waals surface area (Å²) in [6.07, 6.45) is 0.848. The number of hydrogen-bond acceptors (Lipinski definition) is 5. The topological polar surface area (TPSA) is 78.3 Å². The number of esters is 1. The van der Waals surface area contributed by atoms with Gasteiger partial charge in [0.05, 0.1) is 5.39 Å². The van der Waals surface area contributed by atoms with Gasteiger partial charge in [-0.3, -0.25) is 9.59 Å². The number of Topliss-reactive ketones (excluding diaryl/α,β-unsaturated/α-hetero) is 1. The highest BCUT2D eigenvalue weighted by atomic mass is 16.5. The van der Waals surface area contributed by atoms with Crippen molar-refractivity contribution in [1.82, 2.24) is 9.78 Å². The van der Waals surface area contributed by atoms with Gasteiger partial charge in [0.25, 0.3) is 5.56 Å². The molecule has 152 valence electrons. The van der Waals surface area contributed by atoms with E-state index >= 15 is 0 Å². The first-order valence-electron chi connectivity index (χ1n) is 9.90. The Labute approximate surface area is 177 Å². The number of rotatable bonds is 4. The minimum absolute atomic E-state index is 0.00776. The second-order valence-corrected chi connectivity index (χ2v) is 7.53. The molecule has 0 saturated carbocycles. The van der Waals surface area contributed by atoms with E-state index in [4.69, 9.17) is 4.74 Å². The van der Waals surface area contributed by atoms with Crippen LogP contribution < -0.4 is 5.56 Å². The maximum absolute atomic E-state index is 12.7. The van der Waals surface area contributed by atoms with Gasteiger partial charge < -0.3 is 4.74 Å². The molecule has 1 heterocycles. The number of benzene rings is 3. The van der Waals surface area contributed by atoms with Crippen LogP contribution in [0.15, 0.2) is 71.5 Å². The Balaban J connectivity index is 1.38. The van der Waals surface area contributed by atoms with E-state index in [0.717, 1.165) is 22.2 Å². The molecule has 1 aromatic heterocycles. The Morgan fingerprint density at radius 1 is 0.935 bits per heavy atom. The SMILES string of the molecule is Cn1nc(C(=O)OCC(=O)c2ccc3c(c2)-c2ccccc2C3)c2ccccc2c1=O. The molecule has 4 aromatic rings. The Hall–Kier alpha value is -4.06. The molecule has 5 rings (SSSR count). The maximum atomic E-state index is 12.7. The number of aromatic nitrogens is 2. The lowest BCUT2D eigenvalue weighted by Crippen LogP contribution is -2.24. The Bertz CT molecular complexity index is 1440. The molecule has 1 aliphatic carbocycles. The zero-order valence-electron chi connectivity index (χ0n) is 16.8. The summed E-state index contributed by atoms with van der Waals surface area (Å²) in [6.45, 7) is -0.405. The van der Waals surface area contributed by atoms with Crippen molar-refractivity contribution < 1.29 is 14.3 Å². The van der Waals surface area contributed by atoms with Crippen LogP contribution >= 0.6 is 0 Å². The standard InChI is InChI=1S/C25H18N2O4/c1-27-24(29)20-9-5-4-8-19(20)23(26-27)25(30)31-14-22(28)17-11-10-16-12-15-6-2-3-7-18(15)21(16)13-17/h2-11,13H,12,14H2,1H3. The van der Waals surface area contributed by atoms with Crippen molar-refractivity contribution in [3.63, 3.8) is 0 Å². The van der Waals surface area contributed by atoms with Gasteiger partial charge >= 0.3 is 5.97 Å². The Kier molecular flexibility index (Phi) is 4.47. The number of carbonyl (C=O) groups excluding carboxylic acids is 2.